The molecule has 0 aliphatic carbocycles. The summed E-state index contributed by atoms with van der Waals surface area (Å²) >= 11 is 0. The van der Waals surface area contributed by atoms with E-state index in [-0.39, 0.29) is 19.1 Å². The maximum Gasteiger partial charge on any atom is 0.328 e. The van der Waals surface area contributed by atoms with Crippen molar-refractivity contribution >= 4 is 5.97 Å². The number of carbonyl (C=O) groups excluding carboxylic acids is 1. The Kier molecular flexibility index (Phi) is 4.86. The fraction of sp³-hybridized carbons (Fsp3) is 0.167. The van der Waals surface area contributed by atoms with Crippen molar-refractivity contribution in [2.75, 3.05) is 7.11 Å². The van der Waals surface area contributed by atoms with Crippen molar-refractivity contribution in [3.05, 3.63) is 66.4 Å². The van der Waals surface area contributed by atoms with Crippen molar-refractivity contribution in [3.63, 3.8) is 0 Å². The molecule has 2 aromatic carbocycles. The van der Waals surface area contributed by atoms with Gasteiger partial charge in [0.2, 0.25) is 0 Å². The van der Waals surface area contributed by atoms with E-state index >= 15 is 0 Å². The summed E-state index contributed by atoms with van der Waals surface area (Å²) < 4.78 is 11.8. The van der Waals surface area contributed by atoms with Crippen LogP contribution >= 0.6 is 0 Å². The van der Waals surface area contributed by atoms with E-state index in [2.05, 4.69) is 10.3 Å². The van der Waals surface area contributed by atoms with Crippen LogP contribution in [0.2, 0.25) is 0 Å². The summed E-state index contributed by atoms with van der Waals surface area (Å²) in [6.45, 7) is 0.274. The molecule has 1 aromatic heterocycles. The molecule has 1 heterocycles. The number of benzene rings is 2. The Hall–Kier alpha value is -3.15. The lowest BCUT2D eigenvalue weighted by Crippen LogP contribution is -2.14. The zero-order valence-electron chi connectivity index (χ0n) is 13.3. The highest BCUT2D eigenvalue weighted by atomic mass is 16.5. The number of rotatable bonds is 6. The predicted molar refractivity (Wildman–Crippen MR) is 88.2 cm³/mol. The largest absolute Gasteiger partial charge is 0.497 e. The molecule has 3 aromatic rings. The summed E-state index contributed by atoms with van der Waals surface area (Å²) in [6, 6.07) is 17.0. The first-order valence-corrected chi connectivity index (χ1v) is 7.49. The zero-order valence-corrected chi connectivity index (χ0v) is 13.3. The van der Waals surface area contributed by atoms with Crippen LogP contribution in [0.25, 0.3) is 11.3 Å². The predicted octanol–water partition coefficient (Wildman–Crippen LogP) is 2.70. The first kappa shape index (κ1) is 15.7. The minimum atomic E-state index is -0.356. The molecule has 0 saturated carbocycles. The van der Waals surface area contributed by atoms with E-state index in [0.717, 1.165) is 16.9 Å². The second-order valence-corrected chi connectivity index (χ2v) is 5.18. The Balaban J connectivity index is 1.58. The Bertz CT molecular complexity index is 798. The molecule has 0 N–H and O–H groups in total. The van der Waals surface area contributed by atoms with Gasteiger partial charge in [0.15, 0.2) is 0 Å². The molecule has 0 bridgehead atoms. The van der Waals surface area contributed by atoms with Crippen LogP contribution in [0.1, 0.15) is 5.56 Å². The molecule has 0 unspecified atom stereocenters. The van der Waals surface area contributed by atoms with E-state index in [0.29, 0.717) is 5.69 Å². The molecule has 0 amide bonds. The lowest BCUT2D eigenvalue weighted by molar-refractivity contribution is -0.145. The van der Waals surface area contributed by atoms with Gasteiger partial charge in [-0.2, -0.15) is 0 Å². The van der Waals surface area contributed by atoms with Gasteiger partial charge in [-0.15, -0.1) is 5.10 Å². The van der Waals surface area contributed by atoms with Crippen molar-refractivity contribution in [1.29, 1.82) is 0 Å². The highest BCUT2D eigenvalue weighted by Crippen LogP contribution is 2.19. The fourth-order valence-corrected chi connectivity index (χ4v) is 2.19. The third-order valence-corrected chi connectivity index (χ3v) is 3.46. The van der Waals surface area contributed by atoms with E-state index in [1.54, 1.807) is 13.3 Å². The molecule has 0 radical (unpaired) electrons. The Morgan fingerprint density at radius 1 is 1.08 bits per heavy atom. The second-order valence-electron chi connectivity index (χ2n) is 5.18. The second kappa shape index (κ2) is 7.41. The number of carbonyl (C=O) groups is 1. The number of hydrogen-bond donors (Lipinski definition) is 0. The van der Waals surface area contributed by atoms with Gasteiger partial charge in [0.05, 0.1) is 13.3 Å². The fourth-order valence-electron chi connectivity index (χ4n) is 2.19. The van der Waals surface area contributed by atoms with E-state index in [9.17, 15) is 4.79 Å². The summed E-state index contributed by atoms with van der Waals surface area (Å²) in [5.74, 6) is 0.417. The smallest absolute Gasteiger partial charge is 0.328 e. The maximum atomic E-state index is 11.9. The molecule has 0 aliphatic rings. The van der Waals surface area contributed by atoms with Crippen LogP contribution in [0.4, 0.5) is 0 Å². The normalized spacial score (nSPS) is 10.4. The number of hydrogen-bond acceptors (Lipinski definition) is 5. The average molecular weight is 323 g/mol. The van der Waals surface area contributed by atoms with Gasteiger partial charge in [-0.1, -0.05) is 35.5 Å². The minimum Gasteiger partial charge on any atom is -0.497 e. The molecule has 0 atom stereocenters. The van der Waals surface area contributed by atoms with E-state index < -0.39 is 0 Å². The van der Waals surface area contributed by atoms with Gasteiger partial charge in [-0.05, 0) is 29.8 Å². The third kappa shape index (κ3) is 3.98. The first-order chi connectivity index (χ1) is 11.7. The summed E-state index contributed by atoms with van der Waals surface area (Å²) in [6.07, 6.45) is 1.71. The zero-order chi connectivity index (χ0) is 16.8. The van der Waals surface area contributed by atoms with Crippen LogP contribution in [0, 0.1) is 0 Å². The van der Waals surface area contributed by atoms with Crippen molar-refractivity contribution in [3.8, 4) is 17.0 Å². The van der Waals surface area contributed by atoms with Crippen LogP contribution in [0.15, 0.2) is 60.8 Å². The summed E-state index contributed by atoms with van der Waals surface area (Å²) in [5.41, 5.74) is 2.54. The molecule has 3 rings (SSSR count). The summed E-state index contributed by atoms with van der Waals surface area (Å²) in [7, 11) is 1.62. The Labute approximate surface area is 139 Å². The Morgan fingerprint density at radius 2 is 1.83 bits per heavy atom. The SMILES string of the molecule is COc1ccc(-c2cn(CC(=O)OCc3ccccc3)nn2)cc1. The average Bonchev–Trinajstić information content (AvgIpc) is 3.09. The molecule has 0 spiro atoms. The molecular weight excluding hydrogens is 306 g/mol. The van der Waals surface area contributed by atoms with Crippen LogP contribution in [0.5, 0.6) is 5.75 Å². The quantitative estimate of drug-likeness (QED) is 0.653. The standard InChI is InChI=1S/C18H17N3O3/c1-23-16-9-7-15(8-10-16)17-11-21(20-19-17)12-18(22)24-13-14-5-3-2-4-6-14/h2-11H,12-13H2,1H3. The lowest BCUT2D eigenvalue weighted by atomic mass is 10.2. The van der Waals surface area contributed by atoms with Gasteiger partial charge in [-0.25, -0.2) is 4.68 Å². The van der Waals surface area contributed by atoms with Crippen molar-refractivity contribution in [2.45, 2.75) is 13.2 Å². The molecule has 122 valence electrons. The molecule has 24 heavy (non-hydrogen) atoms. The van der Waals surface area contributed by atoms with Crippen LogP contribution in [-0.2, 0) is 22.7 Å². The van der Waals surface area contributed by atoms with Crippen molar-refractivity contribution in [1.82, 2.24) is 15.0 Å². The summed E-state index contributed by atoms with van der Waals surface area (Å²) in [4.78, 5) is 11.9. The topological polar surface area (TPSA) is 66.2 Å². The first-order valence-electron chi connectivity index (χ1n) is 7.49. The molecular formula is C18H17N3O3. The highest BCUT2D eigenvalue weighted by molar-refractivity contribution is 5.69. The number of methoxy groups -OCH3 is 1. The van der Waals surface area contributed by atoms with Crippen LogP contribution in [0.3, 0.4) is 0 Å². The van der Waals surface area contributed by atoms with Gasteiger partial charge in [0, 0.05) is 5.56 Å². The van der Waals surface area contributed by atoms with Gasteiger partial charge in [0.25, 0.3) is 0 Å². The van der Waals surface area contributed by atoms with Crippen LogP contribution < -0.4 is 4.74 Å². The number of esters is 1. The van der Waals surface area contributed by atoms with Gasteiger partial charge >= 0.3 is 5.97 Å². The molecule has 0 fully saturated rings. The Morgan fingerprint density at radius 3 is 2.54 bits per heavy atom. The van der Waals surface area contributed by atoms with Crippen molar-refractivity contribution < 1.29 is 14.3 Å². The number of aromatic nitrogens is 3. The van der Waals surface area contributed by atoms with Gasteiger partial charge in [-0.3, -0.25) is 4.79 Å². The van der Waals surface area contributed by atoms with E-state index in [4.69, 9.17) is 9.47 Å². The summed E-state index contributed by atoms with van der Waals surface area (Å²) in [5, 5.41) is 8.04. The molecule has 6 nitrogen and oxygen atoms in total. The van der Waals surface area contributed by atoms with Crippen molar-refractivity contribution in [2.24, 2.45) is 0 Å². The number of nitrogens with zero attached hydrogens (tertiary/aromatic N) is 3. The van der Waals surface area contributed by atoms with Crippen LogP contribution in [-0.4, -0.2) is 28.1 Å². The monoisotopic (exact) mass is 323 g/mol. The molecule has 6 heteroatoms. The van der Waals surface area contributed by atoms with Gasteiger partial charge in [0.1, 0.15) is 24.6 Å². The third-order valence-electron chi connectivity index (χ3n) is 3.46. The van der Waals surface area contributed by atoms with E-state index in [1.165, 1.54) is 4.68 Å². The van der Waals surface area contributed by atoms with Gasteiger partial charge < -0.3 is 9.47 Å². The molecule has 0 saturated heterocycles. The maximum absolute atomic E-state index is 11.9. The van der Waals surface area contributed by atoms with E-state index in [1.807, 2.05) is 54.6 Å². The minimum absolute atomic E-state index is 0.0238. The highest BCUT2D eigenvalue weighted by Gasteiger charge is 2.09. The number of ether oxygens (including phenoxy) is 2. The lowest BCUT2D eigenvalue weighted by Gasteiger charge is -2.04. The molecule has 0 aliphatic heterocycles.